The second kappa shape index (κ2) is 7.13. The van der Waals surface area contributed by atoms with E-state index in [1.165, 1.54) is 0 Å². The smallest absolute Gasteiger partial charge is 0.255 e. The minimum absolute atomic E-state index is 0.00855. The van der Waals surface area contributed by atoms with Crippen LogP contribution >= 0.6 is 15.9 Å². The Bertz CT molecular complexity index is 1100. The summed E-state index contributed by atoms with van der Waals surface area (Å²) in [6.07, 6.45) is 0.445. The lowest BCUT2D eigenvalue weighted by Gasteiger charge is -2.28. The monoisotopic (exact) mass is 447 g/mol. The number of fused-ring (bicyclic) bond motifs is 1. The molecular formula is C20H18BrNO4S. The molecular weight excluding hydrogens is 430 g/mol. The van der Waals surface area contributed by atoms with Crippen LogP contribution in [0.25, 0.3) is 10.8 Å². The van der Waals surface area contributed by atoms with Gasteiger partial charge in [0, 0.05) is 11.6 Å². The van der Waals surface area contributed by atoms with Gasteiger partial charge in [0.15, 0.2) is 14.5 Å². The fourth-order valence-corrected chi connectivity index (χ4v) is 5.63. The molecule has 0 unspecified atom stereocenters. The molecule has 2 aromatic carbocycles. The Morgan fingerprint density at radius 3 is 2.59 bits per heavy atom. The summed E-state index contributed by atoms with van der Waals surface area (Å²) in [5.74, 6) is 0.533. The first-order chi connectivity index (χ1) is 12.9. The van der Waals surface area contributed by atoms with Crippen molar-refractivity contribution in [3.8, 4) is 0 Å². The number of furan rings is 1. The summed E-state index contributed by atoms with van der Waals surface area (Å²) in [5.41, 5.74) is 0.572. The first-order valence-electron chi connectivity index (χ1n) is 8.66. The second-order valence-corrected chi connectivity index (χ2v) is 9.73. The predicted octanol–water partition coefficient (Wildman–Crippen LogP) is 4.02. The summed E-state index contributed by atoms with van der Waals surface area (Å²) in [7, 11) is -3.12. The number of carbonyl (C=O) groups is 1. The molecule has 1 atom stereocenters. The molecule has 3 aromatic rings. The van der Waals surface area contributed by atoms with Gasteiger partial charge < -0.3 is 9.32 Å². The van der Waals surface area contributed by atoms with Crippen molar-refractivity contribution in [1.29, 1.82) is 0 Å². The standard InChI is InChI=1S/C20H18BrNO4S/c21-19-9-8-16(26-19)12-22(15-10-11-27(24,25)13-15)20(23)18-7-3-5-14-4-1-2-6-17(14)18/h1-9,15H,10-13H2/t15-/m1/s1. The highest BCUT2D eigenvalue weighted by molar-refractivity contribution is 9.10. The third-order valence-electron chi connectivity index (χ3n) is 4.89. The average molecular weight is 448 g/mol. The van der Waals surface area contributed by atoms with E-state index >= 15 is 0 Å². The second-order valence-electron chi connectivity index (χ2n) is 6.72. The molecule has 1 fully saturated rings. The van der Waals surface area contributed by atoms with Crippen molar-refractivity contribution < 1.29 is 17.6 Å². The van der Waals surface area contributed by atoms with Crippen LogP contribution in [0.5, 0.6) is 0 Å². The maximum absolute atomic E-state index is 13.4. The van der Waals surface area contributed by atoms with E-state index in [0.717, 1.165) is 10.8 Å². The largest absolute Gasteiger partial charge is 0.452 e. The topological polar surface area (TPSA) is 67.6 Å². The van der Waals surface area contributed by atoms with E-state index in [4.69, 9.17) is 4.42 Å². The number of nitrogens with zero attached hydrogens (tertiary/aromatic N) is 1. The van der Waals surface area contributed by atoms with Gasteiger partial charge in [0.25, 0.3) is 5.91 Å². The maximum Gasteiger partial charge on any atom is 0.255 e. The van der Waals surface area contributed by atoms with Crippen molar-refractivity contribution >= 4 is 42.4 Å². The van der Waals surface area contributed by atoms with Crippen LogP contribution in [-0.4, -0.2) is 36.8 Å². The molecule has 140 valence electrons. The molecule has 0 N–H and O–H groups in total. The van der Waals surface area contributed by atoms with Crippen LogP contribution in [-0.2, 0) is 16.4 Å². The van der Waals surface area contributed by atoms with Gasteiger partial charge in [-0.05, 0) is 51.3 Å². The van der Waals surface area contributed by atoms with Crippen molar-refractivity contribution in [3.05, 3.63) is 70.6 Å². The number of halogens is 1. The Morgan fingerprint density at radius 1 is 1.11 bits per heavy atom. The number of carbonyl (C=O) groups excluding carboxylic acids is 1. The van der Waals surface area contributed by atoms with Gasteiger partial charge in [-0.25, -0.2) is 8.42 Å². The van der Waals surface area contributed by atoms with Gasteiger partial charge in [-0.2, -0.15) is 0 Å². The summed E-state index contributed by atoms with van der Waals surface area (Å²) in [6, 6.07) is 16.5. The summed E-state index contributed by atoms with van der Waals surface area (Å²) in [6.45, 7) is 0.230. The zero-order chi connectivity index (χ0) is 19.0. The van der Waals surface area contributed by atoms with E-state index in [1.807, 2.05) is 36.4 Å². The Balaban J connectivity index is 1.73. The number of amides is 1. The number of benzene rings is 2. The summed E-state index contributed by atoms with van der Waals surface area (Å²) in [5, 5.41) is 1.83. The van der Waals surface area contributed by atoms with Gasteiger partial charge in [-0.15, -0.1) is 0 Å². The normalized spacial score (nSPS) is 18.6. The molecule has 1 saturated heterocycles. The molecule has 1 amide bonds. The minimum atomic E-state index is -3.12. The molecule has 0 aliphatic carbocycles. The highest BCUT2D eigenvalue weighted by atomic mass is 79.9. The lowest BCUT2D eigenvalue weighted by molar-refractivity contribution is 0.0667. The Kier molecular flexibility index (Phi) is 4.82. The maximum atomic E-state index is 13.4. The number of hydrogen-bond donors (Lipinski definition) is 0. The van der Waals surface area contributed by atoms with Crippen molar-refractivity contribution in [2.75, 3.05) is 11.5 Å². The molecule has 1 aliphatic rings. The zero-order valence-electron chi connectivity index (χ0n) is 14.5. The molecule has 4 rings (SSSR count). The molecule has 0 bridgehead atoms. The summed E-state index contributed by atoms with van der Waals surface area (Å²) in [4.78, 5) is 15.1. The van der Waals surface area contributed by atoms with E-state index in [9.17, 15) is 13.2 Å². The quantitative estimate of drug-likeness (QED) is 0.605. The number of hydrogen-bond acceptors (Lipinski definition) is 4. The molecule has 0 saturated carbocycles. The fraction of sp³-hybridized carbons (Fsp3) is 0.250. The highest BCUT2D eigenvalue weighted by Crippen LogP contribution is 2.26. The minimum Gasteiger partial charge on any atom is -0.452 e. The molecule has 5 nitrogen and oxygen atoms in total. The summed E-state index contributed by atoms with van der Waals surface area (Å²) < 4.78 is 30.2. The van der Waals surface area contributed by atoms with E-state index in [0.29, 0.717) is 22.4 Å². The van der Waals surface area contributed by atoms with Gasteiger partial charge >= 0.3 is 0 Å². The average Bonchev–Trinajstić information content (AvgIpc) is 3.23. The molecule has 1 aromatic heterocycles. The van der Waals surface area contributed by atoms with Crippen molar-refractivity contribution in [2.24, 2.45) is 0 Å². The Labute approximate surface area is 166 Å². The zero-order valence-corrected chi connectivity index (χ0v) is 16.9. The van der Waals surface area contributed by atoms with E-state index in [1.54, 1.807) is 23.1 Å². The van der Waals surface area contributed by atoms with Crippen LogP contribution in [0, 0.1) is 0 Å². The van der Waals surface area contributed by atoms with Crippen molar-refractivity contribution in [1.82, 2.24) is 4.90 Å². The van der Waals surface area contributed by atoms with Gasteiger partial charge in [0.05, 0.1) is 18.1 Å². The highest BCUT2D eigenvalue weighted by Gasteiger charge is 2.35. The first-order valence-corrected chi connectivity index (χ1v) is 11.3. The molecule has 27 heavy (non-hydrogen) atoms. The number of sulfone groups is 1. The summed E-state index contributed by atoms with van der Waals surface area (Å²) >= 11 is 3.27. The third-order valence-corrected chi connectivity index (χ3v) is 7.06. The number of rotatable bonds is 4. The van der Waals surface area contributed by atoms with Crippen LogP contribution in [0.1, 0.15) is 22.5 Å². The Morgan fingerprint density at radius 2 is 1.89 bits per heavy atom. The van der Waals surface area contributed by atoms with Crippen LogP contribution < -0.4 is 0 Å². The molecule has 0 radical (unpaired) electrons. The van der Waals surface area contributed by atoms with Crippen LogP contribution in [0.3, 0.4) is 0 Å². The van der Waals surface area contributed by atoms with Crippen LogP contribution in [0.4, 0.5) is 0 Å². The van der Waals surface area contributed by atoms with Crippen LogP contribution in [0.15, 0.2) is 63.7 Å². The van der Waals surface area contributed by atoms with Gasteiger partial charge in [0.2, 0.25) is 0 Å². The van der Waals surface area contributed by atoms with E-state index < -0.39 is 9.84 Å². The Hall–Kier alpha value is -2.12. The lowest BCUT2D eigenvalue weighted by Crippen LogP contribution is -2.40. The fourth-order valence-electron chi connectivity index (χ4n) is 3.56. The third kappa shape index (κ3) is 3.80. The lowest BCUT2D eigenvalue weighted by atomic mass is 10.0. The van der Waals surface area contributed by atoms with E-state index in [2.05, 4.69) is 15.9 Å². The van der Waals surface area contributed by atoms with Gasteiger partial charge in [-0.3, -0.25) is 4.79 Å². The first kappa shape index (κ1) is 18.3. The van der Waals surface area contributed by atoms with Crippen molar-refractivity contribution in [3.63, 3.8) is 0 Å². The van der Waals surface area contributed by atoms with Crippen molar-refractivity contribution in [2.45, 2.75) is 19.0 Å². The van der Waals surface area contributed by atoms with Crippen LogP contribution in [0.2, 0.25) is 0 Å². The van der Waals surface area contributed by atoms with Gasteiger partial charge in [0.1, 0.15) is 5.76 Å². The molecule has 2 heterocycles. The van der Waals surface area contributed by atoms with Gasteiger partial charge in [-0.1, -0.05) is 36.4 Å². The molecule has 7 heteroatoms. The molecule has 0 spiro atoms. The molecule has 1 aliphatic heterocycles. The van der Waals surface area contributed by atoms with E-state index in [-0.39, 0.29) is 30.0 Å². The SMILES string of the molecule is O=C(c1cccc2ccccc12)N(Cc1ccc(Br)o1)[C@@H]1CCS(=O)(=O)C1. The predicted molar refractivity (Wildman–Crippen MR) is 107 cm³/mol.